The van der Waals surface area contributed by atoms with Gasteiger partial charge >= 0.3 is 0 Å². The normalized spacial score (nSPS) is 10.9. The Hall–Kier alpha value is -2.05. The molecule has 0 aliphatic rings. The Morgan fingerprint density at radius 1 is 0.615 bits per heavy atom. The molecule has 0 saturated heterocycles. The summed E-state index contributed by atoms with van der Waals surface area (Å²) in [5, 5.41) is 0.867. The van der Waals surface area contributed by atoms with Crippen LogP contribution in [-0.2, 0) is 25.7 Å². The predicted molar refractivity (Wildman–Crippen MR) is 113 cm³/mol. The third-order valence-electron chi connectivity index (χ3n) is 5.15. The molecule has 0 unspecified atom stereocenters. The largest absolute Gasteiger partial charge is 0.0840 e. The quantitative estimate of drug-likeness (QED) is 0.444. The van der Waals surface area contributed by atoms with Crippen molar-refractivity contribution in [3.63, 3.8) is 0 Å². The fourth-order valence-electron chi connectivity index (χ4n) is 3.35. The van der Waals surface area contributed by atoms with E-state index in [1.54, 1.807) is 0 Å². The summed E-state index contributed by atoms with van der Waals surface area (Å²) in [6.07, 6.45) is 3.98. The number of rotatable bonds is 6. The topological polar surface area (TPSA) is 0 Å². The number of hydrogen-bond donors (Lipinski definition) is 0. The minimum atomic E-state index is 0.867. The Morgan fingerprint density at radius 3 is 1.81 bits per heavy atom. The molecular weight excluding hydrogens is 336 g/mol. The minimum absolute atomic E-state index is 0.867. The fraction of sp³-hybridized carbons (Fsp3) is 0.280. The molecule has 0 atom stereocenters. The lowest BCUT2D eigenvalue weighted by molar-refractivity contribution is 1.09. The Kier molecular flexibility index (Phi) is 6.16. The van der Waals surface area contributed by atoms with Crippen molar-refractivity contribution in [1.29, 1.82) is 0 Å². The van der Waals surface area contributed by atoms with Gasteiger partial charge in [-0.25, -0.2) is 0 Å². The van der Waals surface area contributed by atoms with Crippen LogP contribution in [0.2, 0.25) is 5.02 Å². The molecule has 0 N–H and O–H groups in total. The van der Waals surface area contributed by atoms with Gasteiger partial charge in [0.25, 0.3) is 0 Å². The predicted octanol–water partition coefficient (Wildman–Crippen LogP) is 6.95. The zero-order chi connectivity index (χ0) is 18.5. The van der Waals surface area contributed by atoms with Crippen LogP contribution in [0, 0.1) is 6.92 Å². The average molecular weight is 363 g/mol. The molecule has 134 valence electrons. The van der Waals surface area contributed by atoms with Crippen LogP contribution < -0.4 is 0 Å². The lowest BCUT2D eigenvalue weighted by Gasteiger charge is -2.11. The Balaban J connectivity index is 1.74. The van der Waals surface area contributed by atoms with E-state index in [-0.39, 0.29) is 0 Å². The van der Waals surface area contributed by atoms with Gasteiger partial charge in [-0.15, -0.1) is 0 Å². The van der Waals surface area contributed by atoms with Gasteiger partial charge < -0.3 is 0 Å². The van der Waals surface area contributed by atoms with Crippen molar-refractivity contribution in [3.8, 4) is 0 Å². The second kappa shape index (κ2) is 8.56. The minimum Gasteiger partial charge on any atom is -0.0840 e. The molecule has 0 heterocycles. The van der Waals surface area contributed by atoms with E-state index in [1.165, 1.54) is 38.9 Å². The van der Waals surface area contributed by atoms with Gasteiger partial charge in [-0.2, -0.15) is 0 Å². The molecule has 0 amide bonds. The molecule has 3 rings (SSSR count). The summed E-state index contributed by atoms with van der Waals surface area (Å²) in [5.41, 5.74) is 9.27. The van der Waals surface area contributed by atoms with E-state index < -0.39 is 0 Å². The van der Waals surface area contributed by atoms with Gasteiger partial charge in [0, 0.05) is 5.02 Å². The molecule has 0 radical (unpaired) electrons. The summed E-state index contributed by atoms with van der Waals surface area (Å²) < 4.78 is 0. The van der Waals surface area contributed by atoms with E-state index in [4.69, 9.17) is 11.6 Å². The van der Waals surface area contributed by atoms with Crippen molar-refractivity contribution in [3.05, 3.63) is 105 Å². The second-order valence-corrected chi connectivity index (χ2v) is 7.47. The standard InChI is InChI=1S/C25H27Cl/c1-4-19-6-8-21(9-7-19)15-22-11-13-24(25(26)16-22)17-23-12-10-20(5-2)14-18(23)3/h6-14,16H,4-5,15,17H2,1-3H3. The highest BCUT2D eigenvalue weighted by Gasteiger charge is 2.07. The van der Waals surface area contributed by atoms with Crippen molar-refractivity contribution in [2.75, 3.05) is 0 Å². The molecule has 0 spiro atoms. The van der Waals surface area contributed by atoms with Crippen LogP contribution in [0.3, 0.4) is 0 Å². The van der Waals surface area contributed by atoms with Gasteiger partial charge in [-0.3, -0.25) is 0 Å². The van der Waals surface area contributed by atoms with Gasteiger partial charge in [-0.1, -0.05) is 80.0 Å². The molecule has 26 heavy (non-hydrogen) atoms. The van der Waals surface area contributed by atoms with Crippen molar-refractivity contribution in [1.82, 2.24) is 0 Å². The Morgan fingerprint density at radius 2 is 1.19 bits per heavy atom. The first-order valence-electron chi connectivity index (χ1n) is 9.52. The smallest absolute Gasteiger partial charge is 0.0444 e. The summed E-state index contributed by atoms with van der Waals surface area (Å²) in [6, 6.07) is 22.2. The first-order valence-corrected chi connectivity index (χ1v) is 9.90. The number of hydrogen-bond acceptors (Lipinski definition) is 0. The van der Waals surface area contributed by atoms with E-state index >= 15 is 0 Å². The highest BCUT2D eigenvalue weighted by molar-refractivity contribution is 6.31. The van der Waals surface area contributed by atoms with E-state index in [1.807, 2.05) is 0 Å². The maximum atomic E-state index is 6.60. The van der Waals surface area contributed by atoms with Crippen LogP contribution in [-0.4, -0.2) is 0 Å². The Labute approximate surface area is 162 Å². The lowest BCUT2D eigenvalue weighted by atomic mass is 9.96. The van der Waals surface area contributed by atoms with E-state index in [2.05, 4.69) is 81.4 Å². The first-order chi connectivity index (χ1) is 12.6. The average Bonchev–Trinajstić information content (AvgIpc) is 2.66. The molecule has 3 aromatic rings. The number of halogens is 1. The molecule has 0 aliphatic heterocycles. The SMILES string of the molecule is CCc1ccc(Cc2ccc(Cc3ccc(CC)cc3C)c(Cl)c2)cc1. The van der Waals surface area contributed by atoms with Crippen molar-refractivity contribution < 1.29 is 0 Å². The fourth-order valence-corrected chi connectivity index (χ4v) is 3.62. The maximum Gasteiger partial charge on any atom is 0.0444 e. The monoisotopic (exact) mass is 362 g/mol. The number of benzene rings is 3. The molecule has 0 aromatic heterocycles. The Bertz CT molecular complexity index is 875. The second-order valence-electron chi connectivity index (χ2n) is 7.06. The molecule has 0 nitrogen and oxygen atoms in total. The highest BCUT2D eigenvalue weighted by atomic mass is 35.5. The molecule has 0 saturated carbocycles. The summed E-state index contributed by atoms with van der Waals surface area (Å²) in [6.45, 7) is 6.57. The highest BCUT2D eigenvalue weighted by Crippen LogP contribution is 2.24. The zero-order valence-electron chi connectivity index (χ0n) is 16.0. The summed E-state index contributed by atoms with van der Waals surface area (Å²) in [5.74, 6) is 0. The molecule has 0 fully saturated rings. The van der Waals surface area contributed by atoms with Crippen molar-refractivity contribution in [2.24, 2.45) is 0 Å². The van der Waals surface area contributed by atoms with E-state index in [0.717, 1.165) is 30.7 Å². The molecular formula is C25H27Cl. The van der Waals surface area contributed by atoms with Crippen LogP contribution in [0.1, 0.15) is 52.8 Å². The van der Waals surface area contributed by atoms with Gasteiger partial charge in [-0.05, 0) is 77.6 Å². The van der Waals surface area contributed by atoms with Crippen molar-refractivity contribution >= 4 is 11.6 Å². The molecule has 3 aromatic carbocycles. The molecule has 0 aliphatic carbocycles. The molecule has 1 heteroatoms. The first kappa shape index (κ1) is 18.7. The van der Waals surface area contributed by atoms with Gasteiger partial charge in [0.15, 0.2) is 0 Å². The van der Waals surface area contributed by atoms with Crippen LogP contribution in [0.25, 0.3) is 0 Å². The van der Waals surface area contributed by atoms with Crippen molar-refractivity contribution in [2.45, 2.75) is 46.5 Å². The van der Waals surface area contributed by atoms with Crippen LogP contribution in [0.4, 0.5) is 0 Å². The maximum absolute atomic E-state index is 6.60. The lowest BCUT2D eigenvalue weighted by Crippen LogP contribution is -1.96. The van der Waals surface area contributed by atoms with E-state index in [0.29, 0.717) is 0 Å². The third-order valence-corrected chi connectivity index (χ3v) is 5.50. The summed E-state index contributed by atoms with van der Waals surface area (Å²) >= 11 is 6.60. The van der Waals surface area contributed by atoms with Crippen LogP contribution in [0.5, 0.6) is 0 Å². The van der Waals surface area contributed by atoms with E-state index in [9.17, 15) is 0 Å². The summed E-state index contributed by atoms with van der Waals surface area (Å²) in [4.78, 5) is 0. The molecule has 0 bridgehead atoms. The number of aryl methyl sites for hydroxylation is 3. The van der Waals surface area contributed by atoms with Gasteiger partial charge in [0.05, 0.1) is 0 Å². The summed E-state index contributed by atoms with van der Waals surface area (Å²) in [7, 11) is 0. The zero-order valence-corrected chi connectivity index (χ0v) is 16.7. The van der Waals surface area contributed by atoms with Crippen LogP contribution in [0.15, 0.2) is 60.7 Å². The van der Waals surface area contributed by atoms with Gasteiger partial charge in [0.2, 0.25) is 0 Å². The third kappa shape index (κ3) is 4.56. The van der Waals surface area contributed by atoms with Gasteiger partial charge in [0.1, 0.15) is 0 Å². The van der Waals surface area contributed by atoms with Crippen LogP contribution >= 0.6 is 11.6 Å².